The van der Waals surface area contributed by atoms with Crippen molar-refractivity contribution in [1.29, 1.82) is 0 Å². The predicted octanol–water partition coefficient (Wildman–Crippen LogP) is 2.76. The summed E-state index contributed by atoms with van der Waals surface area (Å²) in [6.45, 7) is 16.8. The Morgan fingerprint density at radius 1 is 1.11 bits per heavy atom. The molecule has 0 radical (unpaired) electrons. The molecule has 1 N–H and O–H groups in total. The average molecular weight is 504 g/mol. The van der Waals surface area contributed by atoms with Crippen LogP contribution in [-0.2, 0) is 19.1 Å². The Morgan fingerprint density at radius 3 is 2.33 bits per heavy atom. The number of hydrogen-bond acceptors (Lipinski definition) is 5. The highest BCUT2D eigenvalue weighted by atomic mass is 16.5. The summed E-state index contributed by atoms with van der Waals surface area (Å²) in [7, 11) is 1.72. The zero-order valence-corrected chi connectivity index (χ0v) is 22.8. The third-order valence-corrected chi connectivity index (χ3v) is 8.25. The van der Waals surface area contributed by atoms with Crippen LogP contribution in [0.2, 0.25) is 0 Å². The molecule has 2 bridgehead atoms. The van der Waals surface area contributed by atoms with Crippen molar-refractivity contribution in [3.05, 3.63) is 25.3 Å². The molecule has 8 nitrogen and oxygen atoms in total. The largest absolute Gasteiger partial charge is 0.396 e. The summed E-state index contributed by atoms with van der Waals surface area (Å²) in [5.74, 6) is -1.76. The van der Waals surface area contributed by atoms with Gasteiger partial charge in [-0.15, -0.1) is 13.2 Å². The highest BCUT2D eigenvalue weighted by Crippen LogP contribution is 2.63. The number of amides is 3. The van der Waals surface area contributed by atoms with Crippen LogP contribution < -0.4 is 0 Å². The van der Waals surface area contributed by atoms with Gasteiger partial charge in [0, 0.05) is 38.8 Å². The molecule has 3 heterocycles. The van der Waals surface area contributed by atoms with Gasteiger partial charge in [-0.1, -0.05) is 25.0 Å². The lowest BCUT2D eigenvalue weighted by molar-refractivity contribution is -0.155. The van der Waals surface area contributed by atoms with Crippen molar-refractivity contribution in [2.45, 2.75) is 89.0 Å². The molecule has 0 aromatic carbocycles. The number of carbonyl (C=O) groups excluding carboxylic acids is 3. The SMILES string of the molecule is C=CCN(C)C(=O)[C@@H]1[C@H]2C(=O)N(CCCCCCO)C(C(=O)N(CC=C)C(C)(C)C)C23CC[C@@]1(C)O3. The number of unbranched alkanes of at least 4 members (excludes halogenated alkanes) is 3. The van der Waals surface area contributed by atoms with Crippen LogP contribution in [0.1, 0.15) is 66.2 Å². The van der Waals surface area contributed by atoms with Crippen LogP contribution in [0.3, 0.4) is 0 Å². The smallest absolute Gasteiger partial charge is 0.249 e. The minimum absolute atomic E-state index is 0.132. The summed E-state index contributed by atoms with van der Waals surface area (Å²) < 4.78 is 6.71. The first-order chi connectivity index (χ1) is 16.9. The lowest BCUT2D eigenvalue weighted by Gasteiger charge is -2.42. The number of likely N-dealkylation sites (tertiary alicyclic amines) is 1. The van der Waals surface area contributed by atoms with E-state index in [1.54, 1.807) is 33.9 Å². The highest BCUT2D eigenvalue weighted by molar-refractivity contribution is 5.99. The van der Waals surface area contributed by atoms with Gasteiger partial charge in [-0.05, 0) is 53.4 Å². The zero-order chi connectivity index (χ0) is 26.9. The second kappa shape index (κ2) is 10.7. The van der Waals surface area contributed by atoms with Gasteiger partial charge in [-0.2, -0.15) is 0 Å². The van der Waals surface area contributed by atoms with E-state index in [0.29, 0.717) is 38.9 Å². The van der Waals surface area contributed by atoms with Gasteiger partial charge in [-0.3, -0.25) is 14.4 Å². The number of rotatable bonds is 12. The van der Waals surface area contributed by atoms with Gasteiger partial charge in [0.25, 0.3) is 0 Å². The Kier molecular flexibility index (Phi) is 8.40. The van der Waals surface area contributed by atoms with E-state index >= 15 is 0 Å². The van der Waals surface area contributed by atoms with Crippen LogP contribution in [0, 0.1) is 11.8 Å². The fourth-order valence-electron chi connectivity index (χ4n) is 6.56. The minimum Gasteiger partial charge on any atom is -0.396 e. The molecule has 0 aromatic heterocycles. The zero-order valence-electron chi connectivity index (χ0n) is 22.8. The van der Waals surface area contributed by atoms with Crippen molar-refractivity contribution in [1.82, 2.24) is 14.7 Å². The molecule has 0 aromatic rings. The van der Waals surface area contributed by atoms with Crippen LogP contribution in [0.25, 0.3) is 0 Å². The van der Waals surface area contributed by atoms with Crippen molar-refractivity contribution in [3.63, 3.8) is 0 Å². The number of nitrogens with zero attached hydrogens (tertiary/aromatic N) is 3. The summed E-state index contributed by atoms with van der Waals surface area (Å²) in [5.41, 5.74) is -2.28. The van der Waals surface area contributed by atoms with Gasteiger partial charge in [0.15, 0.2) is 0 Å². The van der Waals surface area contributed by atoms with Crippen molar-refractivity contribution < 1.29 is 24.2 Å². The minimum atomic E-state index is -1.02. The predicted molar refractivity (Wildman–Crippen MR) is 139 cm³/mol. The van der Waals surface area contributed by atoms with E-state index in [9.17, 15) is 14.4 Å². The van der Waals surface area contributed by atoms with E-state index in [-0.39, 0.29) is 24.3 Å². The van der Waals surface area contributed by atoms with Crippen LogP contribution in [0.4, 0.5) is 0 Å². The molecule has 3 saturated heterocycles. The molecular weight excluding hydrogens is 458 g/mol. The number of likely N-dealkylation sites (N-methyl/N-ethyl adjacent to an activating group) is 1. The second-order valence-electron chi connectivity index (χ2n) is 11.8. The van der Waals surface area contributed by atoms with Gasteiger partial charge in [0.05, 0.1) is 17.4 Å². The number of fused-ring (bicyclic) bond motifs is 1. The normalized spacial score (nSPS) is 30.9. The van der Waals surface area contributed by atoms with E-state index in [4.69, 9.17) is 9.84 Å². The van der Waals surface area contributed by atoms with Gasteiger partial charge < -0.3 is 24.5 Å². The molecule has 3 aliphatic heterocycles. The fourth-order valence-corrected chi connectivity index (χ4v) is 6.56. The molecule has 0 aliphatic carbocycles. The van der Waals surface area contributed by atoms with Crippen LogP contribution in [0.5, 0.6) is 0 Å². The van der Waals surface area contributed by atoms with Gasteiger partial charge in [-0.25, -0.2) is 0 Å². The maximum Gasteiger partial charge on any atom is 0.249 e. The Balaban J connectivity index is 2.03. The molecule has 3 rings (SSSR count). The first-order valence-corrected chi connectivity index (χ1v) is 13.3. The summed E-state index contributed by atoms with van der Waals surface area (Å²) in [6, 6.07) is -0.781. The third kappa shape index (κ3) is 4.74. The summed E-state index contributed by atoms with van der Waals surface area (Å²) in [6.07, 6.45) is 7.72. The molecule has 202 valence electrons. The maximum atomic E-state index is 14.3. The number of carbonyl (C=O) groups is 3. The van der Waals surface area contributed by atoms with E-state index in [1.807, 2.05) is 27.7 Å². The summed E-state index contributed by atoms with van der Waals surface area (Å²) >= 11 is 0. The fraction of sp³-hybridized carbons (Fsp3) is 0.750. The lowest BCUT2D eigenvalue weighted by Crippen LogP contribution is -2.60. The first kappa shape index (κ1) is 28.4. The van der Waals surface area contributed by atoms with Crippen molar-refractivity contribution in [2.75, 3.05) is 33.3 Å². The van der Waals surface area contributed by atoms with E-state index < -0.39 is 34.6 Å². The molecule has 3 fully saturated rings. The Morgan fingerprint density at radius 2 is 1.75 bits per heavy atom. The van der Waals surface area contributed by atoms with Crippen LogP contribution >= 0.6 is 0 Å². The Bertz CT molecular complexity index is 883. The van der Waals surface area contributed by atoms with Crippen molar-refractivity contribution in [3.8, 4) is 0 Å². The highest BCUT2D eigenvalue weighted by Gasteiger charge is 2.78. The molecule has 3 amide bonds. The van der Waals surface area contributed by atoms with Crippen molar-refractivity contribution in [2.24, 2.45) is 11.8 Å². The number of aliphatic hydroxyl groups excluding tert-OH is 1. The molecule has 36 heavy (non-hydrogen) atoms. The number of aliphatic hydroxyl groups is 1. The monoisotopic (exact) mass is 503 g/mol. The molecule has 0 saturated carbocycles. The molecule has 3 aliphatic rings. The Hall–Kier alpha value is -2.19. The second-order valence-corrected chi connectivity index (χ2v) is 11.8. The van der Waals surface area contributed by atoms with Gasteiger partial charge in [0.1, 0.15) is 11.6 Å². The molecule has 1 spiro atoms. The van der Waals surface area contributed by atoms with Gasteiger partial charge in [0.2, 0.25) is 17.7 Å². The van der Waals surface area contributed by atoms with E-state index in [2.05, 4.69) is 13.2 Å². The summed E-state index contributed by atoms with van der Waals surface area (Å²) in [5, 5.41) is 9.11. The lowest BCUT2D eigenvalue weighted by atomic mass is 9.66. The molecule has 2 unspecified atom stereocenters. The maximum absolute atomic E-state index is 14.3. The average Bonchev–Trinajstić information content (AvgIpc) is 3.36. The molecule has 5 atom stereocenters. The topological polar surface area (TPSA) is 90.4 Å². The van der Waals surface area contributed by atoms with E-state index in [1.165, 1.54) is 0 Å². The Labute approximate surface area is 216 Å². The first-order valence-electron chi connectivity index (χ1n) is 13.3. The summed E-state index contributed by atoms with van der Waals surface area (Å²) in [4.78, 5) is 47.1. The standard InChI is InChI=1S/C28H45N3O5/c1-8-16-29(7)23(33)20-21-24(34)30(18-12-10-11-13-19-32)22(28(21)15-14-27(20,6)36-28)25(35)31(17-9-2)26(3,4)5/h8-9,20-22,32H,1-2,10-19H2,3-7H3/t20-,21-,22?,27+,28?/m0/s1. The van der Waals surface area contributed by atoms with Gasteiger partial charge >= 0.3 is 0 Å². The van der Waals surface area contributed by atoms with Crippen molar-refractivity contribution >= 4 is 17.7 Å². The molecular formula is C28H45N3O5. The quantitative estimate of drug-likeness (QED) is 0.327. The number of hydrogen-bond donors (Lipinski definition) is 1. The van der Waals surface area contributed by atoms with Crippen LogP contribution in [0.15, 0.2) is 25.3 Å². The van der Waals surface area contributed by atoms with Crippen LogP contribution in [-0.4, -0.2) is 93.6 Å². The third-order valence-electron chi connectivity index (χ3n) is 8.25. The molecule has 8 heteroatoms. The van der Waals surface area contributed by atoms with E-state index in [0.717, 1.165) is 19.3 Å². The number of ether oxygens (including phenoxy) is 1.